The average molecular weight is 255 g/mol. The second-order valence-corrected chi connectivity index (χ2v) is 4.99. The number of nitrogens with zero attached hydrogens (tertiary/aromatic N) is 1. The summed E-state index contributed by atoms with van der Waals surface area (Å²) in [5, 5.41) is 0. The van der Waals surface area contributed by atoms with Crippen LogP contribution in [0.25, 0.3) is 5.57 Å². The van der Waals surface area contributed by atoms with Gasteiger partial charge < -0.3 is 0 Å². The third kappa shape index (κ3) is 2.81. The highest BCUT2D eigenvalue weighted by molar-refractivity contribution is 6.28. The molecule has 2 rings (SSSR count). The van der Waals surface area contributed by atoms with Gasteiger partial charge in [-0.05, 0) is 36.1 Å². The van der Waals surface area contributed by atoms with Crippen molar-refractivity contribution in [2.24, 2.45) is 5.92 Å². The molecule has 3 nitrogen and oxygen atoms in total. The Balaban J connectivity index is 2.24. The topological polar surface area (TPSA) is 37.4 Å². The summed E-state index contributed by atoms with van der Waals surface area (Å²) in [5.41, 5.74) is 2.91. The molecule has 0 fully saturated rings. The largest absolute Gasteiger partial charge is 0.269 e. The quantitative estimate of drug-likeness (QED) is 0.778. The molecule has 0 unspecified atom stereocenters. The van der Waals surface area contributed by atoms with E-state index in [-0.39, 0.29) is 11.8 Å². The lowest BCUT2D eigenvalue weighted by atomic mass is 10.0. The third-order valence-corrected chi connectivity index (χ3v) is 2.97. The molecule has 0 aliphatic carbocycles. The van der Waals surface area contributed by atoms with Crippen molar-refractivity contribution in [2.75, 3.05) is 4.90 Å². The van der Waals surface area contributed by atoms with Crippen molar-refractivity contribution >= 4 is 23.1 Å². The lowest BCUT2D eigenvalue weighted by Gasteiger charge is -2.14. The number of allylic oxidation sites excluding steroid dienone is 2. The zero-order valence-corrected chi connectivity index (χ0v) is 11.4. The van der Waals surface area contributed by atoms with E-state index in [9.17, 15) is 9.59 Å². The molecule has 0 N–H and O–H groups in total. The van der Waals surface area contributed by atoms with Crippen molar-refractivity contribution in [3.05, 3.63) is 48.1 Å². The first-order valence-corrected chi connectivity index (χ1v) is 6.34. The van der Waals surface area contributed by atoms with Crippen LogP contribution in [0.2, 0.25) is 0 Å². The molecule has 1 aliphatic heterocycles. The van der Waals surface area contributed by atoms with Crippen molar-refractivity contribution in [3.63, 3.8) is 0 Å². The van der Waals surface area contributed by atoms with E-state index >= 15 is 0 Å². The second-order valence-electron chi connectivity index (χ2n) is 4.99. The van der Waals surface area contributed by atoms with Crippen molar-refractivity contribution in [3.8, 4) is 0 Å². The number of rotatable bonds is 3. The Bertz CT molecular complexity index is 547. The number of hydrogen-bond donors (Lipinski definition) is 0. The zero-order valence-electron chi connectivity index (χ0n) is 11.4. The molecule has 2 amide bonds. The summed E-state index contributed by atoms with van der Waals surface area (Å²) in [4.78, 5) is 24.3. The molecule has 98 valence electrons. The predicted octanol–water partition coefficient (Wildman–Crippen LogP) is 3.18. The van der Waals surface area contributed by atoms with E-state index in [0.717, 1.165) is 5.56 Å². The van der Waals surface area contributed by atoms with E-state index in [1.54, 1.807) is 12.1 Å². The van der Waals surface area contributed by atoms with Crippen LogP contribution in [0.3, 0.4) is 0 Å². The number of carbonyl (C=O) groups excluding carboxylic acids is 2. The molecular weight excluding hydrogens is 238 g/mol. The van der Waals surface area contributed by atoms with Crippen LogP contribution in [-0.4, -0.2) is 11.8 Å². The predicted molar refractivity (Wildman–Crippen MR) is 76.6 cm³/mol. The molecule has 19 heavy (non-hydrogen) atoms. The van der Waals surface area contributed by atoms with Gasteiger partial charge in [0.15, 0.2) is 0 Å². The molecule has 1 heterocycles. The molecule has 1 aromatic rings. The number of hydrogen-bond acceptors (Lipinski definition) is 2. The van der Waals surface area contributed by atoms with E-state index in [0.29, 0.717) is 11.6 Å². The Hall–Kier alpha value is -2.16. The van der Waals surface area contributed by atoms with E-state index in [1.807, 2.05) is 12.1 Å². The van der Waals surface area contributed by atoms with Gasteiger partial charge in [-0.1, -0.05) is 32.1 Å². The van der Waals surface area contributed by atoms with Crippen LogP contribution in [0.4, 0.5) is 5.69 Å². The van der Waals surface area contributed by atoms with E-state index in [4.69, 9.17) is 0 Å². The molecule has 1 aliphatic rings. The highest BCUT2D eigenvalue weighted by Crippen LogP contribution is 2.23. The number of imide groups is 1. The van der Waals surface area contributed by atoms with Gasteiger partial charge in [0.2, 0.25) is 0 Å². The molecule has 0 spiro atoms. The van der Waals surface area contributed by atoms with Crippen molar-refractivity contribution in [1.29, 1.82) is 0 Å². The molecular formula is C16H17NO2. The van der Waals surface area contributed by atoms with E-state index < -0.39 is 0 Å². The Kier molecular flexibility index (Phi) is 3.65. The van der Waals surface area contributed by atoms with Crippen LogP contribution in [0.15, 0.2) is 42.5 Å². The van der Waals surface area contributed by atoms with E-state index in [1.165, 1.54) is 22.6 Å². The summed E-state index contributed by atoms with van der Waals surface area (Å²) >= 11 is 0. The number of carbonyl (C=O) groups is 2. The molecule has 0 bridgehead atoms. The molecule has 1 aromatic carbocycles. The highest BCUT2D eigenvalue weighted by atomic mass is 16.2. The molecule has 0 saturated heterocycles. The number of anilines is 1. The van der Waals surface area contributed by atoms with Crippen molar-refractivity contribution in [1.82, 2.24) is 0 Å². The van der Waals surface area contributed by atoms with Gasteiger partial charge in [0, 0.05) is 12.2 Å². The van der Waals surface area contributed by atoms with Crippen LogP contribution < -0.4 is 4.90 Å². The SMILES string of the molecule is CC(=CC(C)C)c1ccc(N2C(=O)C=CC2=O)cc1. The van der Waals surface area contributed by atoms with Gasteiger partial charge >= 0.3 is 0 Å². The first kappa shape index (κ1) is 13.3. The summed E-state index contributed by atoms with van der Waals surface area (Å²) < 4.78 is 0. The third-order valence-electron chi connectivity index (χ3n) is 2.97. The minimum atomic E-state index is -0.285. The van der Waals surface area contributed by atoms with Crippen molar-refractivity contribution < 1.29 is 9.59 Å². The maximum atomic E-state index is 11.6. The van der Waals surface area contributed by atoms with Gasteiger partial charge in [-0.3, -0.25) is 9.59 Å². The fourth-order valence-electron chi connectivity index (χ4n) is 2.12. The lowest BCUT2D eigenvalue weighted by Crippen LogP contribution is -2.29. The standard InChI is InChI=1S/C16H17NO2/c1-11(2)10-12(3)13-4-6-14(7-5-13)17-15(18)8-9-16(17)19/h4-11H,1-3H3. The van der Waals surface area contributed by atoms with E-state index in [2.05, 4.69) is 26.8 Å². The van der Waals surface area contributed by atoms with Gasteiger partial charge in [-0.25, -0.2) is 4.90 Å². The fraction of sp³-hybridized carbons (Fsp3) is 0.250. The number of benzene rings is 1. The Morgan fingerprint density at radius 1 is 1.05 bits per heavy atom. The molecule has 0 radical (unpaired) electrons. The van der Waals surface area contributed by atoms with Crippen LogP contribution in [0.1, 0.15) is 26.3 Å². The average Bonchev–Trinajstić information content (AvgIpc) is 2.68. The molecule has 0 atom stereocenters. The molecule has 0 saturated carbocycles. The van der Waals surface area contributed by atoms with Crippen LogP contribution in [-0.2, 0) is 9.59 Å². The van der Waals surface area contributed by atoms with Gasteiger partial charge in [-0.2, -0.15) is 0 Å². The number of amides is 2. The minimum Gasteiger partial charge on any atom is -0.269 e. The summed E-state index contributed by atoms with van der Waals surface area (Å²) in [6, 6.07) is 7.47. The summed E-state index contributed by atoms with van der Waals surface area (Å²) in [6.07, 6.45) is 4.77. The Morgan fingerprint density at radius 2 is 1.58 bits per heavy atom. The smallest absolute Gasteiger partial charge is 0.258 e. The molecule has 0 aromatic heterocycles. The highest BCUT2D eigenvalue weighted by Gasteiger charge is 2.24. The second kappa shape index (κ2) is 5.22. The van der Waals surface area contributed by atoms with Gasteiger partial charge in [0.25, 0.3) is 11.8 Å². The van der Waals surface area contributed by atoms with Gasteiger partial charge in [0.05, 0.1) is 5.69 Å². The maximum Gasteiger partial charge on any atom is 0.258 e. The monoisotopic (exact) mass is 255 g/mol. The fourth-order valence-corrected chi connectivity index (χ4v) is 2.12. The summed E-state index contributed by atoms with van der Waals surface area (Å²) in [7, 11) is 0. The first-order chi connectivity index (χ1) is 8.99. The Morgan fingerprint density at radius 3 is 2.05 bits per heavy atom. The summed E-state index contributed by atoms with van der Waals surface area (Å²) in [5.74, 6) is -0.0787. The lowest BCUT2D eigenvalue weighted by molar-refractivity contribution is -0.119. The normalized spacial score (nSPS) is 15.8. The maximum absolute atomic E-state index is 11.6. The van der Waals surface area contributed by atoms with Gasteiger partial charge in [-0.15, -0.1) is 0 Å². The van der Waals surface area contributed by atoms with Crippen molar-refractivity contribution in [2.45, 2.75) is 20.8 Å². The zero-order chi connectivity index (χ0) is 14.0. The van der Waals surface area contributed by atoms with Crippen LogP contribution in [0.5, 0.6) is 0 Å². The van der Waals surface area contributed by atoms with Gasteiger partial charge in [0.1, 0.15) is 0 Å². The first-order valence-electron chi connectivity index (χ1n) is 6.34. The summed E-state index contributed by atoms with van der Waals surface area (Å²) in [6.45, 7) is 6.32. The molecule has 3 heteroatoms. The Labute approximate surface area is 113 Å². The van der Waals surface area contributed by atoms with Crippen LogP contribution >= 0.6 is 0 Å². The van der Waals surface area contributed by atoms with Crippen LogP contribution in [0, 0.1) is 5.92 Å². The minimum absolute atomic E-state index is 0.285.